The lowest BCUT2D eigenvalue weighted by Crippen LogP contribution is -2.24. The minimum Gasteiger partial charge on any atom is -0.284 e. The molecule has 0 aliphatic rings. The summed E-state index contributed by atoms with van der Waals surface area (Å²) in [6, 6.07) is 8.38. The summed E-state index contributed by atoms with van der Waals surface area (Å²) < 4.78 is 39.6. The lowest BCUT2D eigenvalue weighted by Gasteiger charge is -2.18. The van der Waals surface area contributed by atoms with E-state index in [1.807, 2.05) is 0 Å². The van der Waals surface area contributed by atoms with Gasteiger partial charge in [-0.25, -0.2) is 0 Å². The number of nitrogens with zero attached hydrogens (tertiary/aromatic N) is 2. The molecule has 0 amide bonds. The van der Waals surface area contributed by atoms with E-state index in [1.54, 1.807) is 51.1 Å². The third-order valence-corrected chi connectivity index (χ3v) is 2.95. The molecule has 1 aromatic carbocycles. The van der Waals surface area contributed by atoms with Gasteiger partial charge in [-0.3, -0.25) is 9.48 Å². The van der Waals surface area contributed by atoms with Gasteiger partial charge in [0.15, 0.2) is 0 Å². The minimum absolute atomic E-state index is 0.0489. The molecule has 0 fully saturated rings. The van der Waals surface area contributed by atoms with E-state index < -0.39 is 23.1 Å². The summed E-state index contributed by atoms with van der Waals surface area (Å²) in [5.74, 6) is -1.88. The molecule has 0 bridgehead atoms. The van der Waals surface area contributed by atoms with E-state index in [9.17, 15) is 18.0 Å². The maximum absolute atomic E-state index is 12.7. The Hall–Kier alpha value is -2.11. The Kier molecular flexibility index (Phi) is 3.65. The van der Waals surface area contributed by atoms with Gasteiger partial charge < -0.3 is 0 Å². The number of hydrogen-bond donors (Lipinski definition) is 0. The highest BCUT2D eigenvalue weighted by Crippen LogP contribution is 2.30. The Bertz CT molecular complexity index is 652. The summed E-state index contributed by atoms with van der Waals surface area (Å²) in [5, 5.41) is 4.18. The third kappa shape index (κ3) is 3.15. The fourth-order valence-electron chi connectivity index (χ4n) is 1.85. The lowest BCUT2D eigenvalue weighted by molar-refractivity contribution is -0.0884. The molecule has 0 radical (unpaired) electrons. The van der Waals surface area contributed by atoms with Crippen LogP contribution in [-0.2, 0) is 5.54 Å². The molecular weight excluding hydrogens is 281 g/mol. The molecule has 0 N–H and O–H groups in total. The van der Waals surface area contributed by atoms with Crippen molar-refractivity contribution in [1.82, 2.24) is 9.78 Å². The number of aromatic nitrogens is 2. The highest BCUT2D eigenvalue weighted by Gasteiger charge is 2.42. The average molecular weight is 296 g/mol. The number of Topliss-reactive ketones (excluding diaryl/α,β-unsaturated/α-hetero) is 1. The molecule has 1 heterocycles. The van der Waals surface area contributed by atoms with Crippen LogP contribution < -0.4 is 0 Å². The van der Waals surface area contributed by atoms with E-state index in [0.717, 1.165) is 6.20 Å². The molecule has 3 nitrogen and oxygen atoms in total. The molecule has 6 heteroatoms. The zero-order valence-corrected chi connectivity index (χ0v) is 11.9. The maximum atomic E-state index is 12.7. The van der Waals surface area contributed by atoms with Crippen molar-refractivity contribution in [2.24, 2.45) is 0 Å². The highest BCUT2D eigenvalue weighted by atomic mass is 19.4. The summed E-state index contributed by atoms with van der Waals surface area (Å²) in [6.07, 6.45) is -3.76. The quantitative estimate of drug-likeness (QED) is 0.784. The van der Waals surface area contributed by atoms with Crippen molar-refractivity contribution in [1.29, 1.82) is 0 Å². The molecule has 0 aliphatic heterocycles. The first kappa shape index (κ1) is 15.3. The van der Waals surface area contributed by atoms with Gasteiger partial charge in [-0.1, -0.05) is 30.3 Å². The summed E-state index contributed by atoms with van der Waals surface area (Å²) in [4.78, 5) is 11.6. The van der Waals surface area contributed by atoms with Crippen molar-refractivity contribution in [2.75, 3.05) is 0 Å². The Morgan fingerprint density at radius 1 is 1.10 bits per heavy atom. The van der Waals surface area contributed by atoms with E-state index in [1.165, 1.54) is 4.68 Å². The molecule has 0 spiro atoms. The van der Waals surface area contributed by atoms with E-state index in [0.29, 0.717) is 5.56 Å². The van der Waals surface area contributed by atoms with Crippen LogP contribution in [0.25, 0.3) is 11.3 Å². The normalized spacial score (nSPS) is 12.5. The van der Waals surface area contributed by atoms with Crippen molar-refractivity contribution >= 4 is 5.78 Å². The van der Waals surface area contributed by atoms with Crippen LogP contribution in [0.3, 0.4) is 0 Å². The van der Waals surface area contributed by atoms with Crippen LogP contribution in [0.1, 0.15) is 31.1 Å². The largest absolute Gasteiger partial charge is 0.455 e. The first-order valence-corrected chi connectivity index (χ1v) is 6.38. The second kappa shape index (κ2) is 5.02. The number of carbonyl (C=O) groups is 1. The number of ketones is 1. The van der Waals surface area contributed by atoms with Crippen molar-refractivity contribution in [2.45, 2.75) is 32.5 Å². The second-order valence-electron chi connectivity index (χ2n) is 5.70. The van der Waals surface area contributed by atoms with Gasteiger partial charge in [-0.05, 0) is 20.8 Å². The standard InChI is InChI=1S/C15H15F3N2O/c1-14(2,3)20-9-11(13(21)15(16,17)18)12(19-20)10-7-5-4-6-8-10/h4-9H,1-3H3. The number of halogens is 3. The molecule has 2 rings (SSSR count). The Morgan fingerprint density at radius 2 is 1.67 bits per heavy atom. The molecule has 0 aliphatic carbocycles. The SMILES string of the molecule is CC(C)(C)n1cc(C(=O)C(F)(F)F)c(-c2ccccc2)n1. The fourth-order valence-corrected chi connectivity index (χ4v) is 1.85. The van der Waals surface area contributed by atoms with Gasteiger partial charge in [0.1, 0.15) is 5.69 Å². The molecule has 0 saturated heterocycles. The molecule has 21 heavy (non-hydrogen) atoms. The van der Waals surface area contributed by atoms with Crippen molar-refractivity contribution in [3.63, 3.8) is 0 Å². The lowest BCUT2D eigenvalue weighted by atomic mass is 10.1. The van der Waals surface area contributed by atoms with Crippen LogP contribution in [0.4, 0.5) is 13.2 Å². The number of hydrogen-bond acceptors (Lipinski definition) is 2. The van der Waals surface area contributed by atoms with Crippen LogP contribution in [-0.4, -0.2) is 21.7 Å². The van der Waals surface area contributed by atoms with Crippen LogP contribution in [0.15, 0.2) is 36.5 Å². The van der Waals surface area contributed by atoms with Gasteiger partial charge in [-0.15, -0.1) is 0 Å². The van der Waals surface area contributed by atoms with Gasteiger partial charge >= 0.3 is 6.18 Å². The molecular formula is C15H15F3N2O. The molecule has 112 valence electrons. The average Bonchev–Trinajstić information content (AvgIpc) is 2.82. The number of carbonyl (C=O) groups excluding carboxylic acids is 1. The Labute approximate surface area is 120 Å². The molecule has 0 atom stereocenters. The summed E-state index contributed by atoms with van der Waals surface area (Å²) in [5.41, 5.74) is -0.419. The predicted molar refractivity (Wildman–Crippen MR) is 73.0 cm³/mol. The highest BCUT2D eigenvalue weighted by molar-refractivity contribution is 6.04. The fraction of sp³-hybridized carbons (Fsp3) is 0.333. The summed E-state index contributed by atoms with van der Waals surface area (Å²) in [7, 11) is 0. The number of alkyl halides is 3. The zero-order valence-electron chi connectivity index (χ0n) is 11.9. The summed E-state index contributed by atoms with van der Waals surface area (Å²) in [6.45, 7) is 5.41. The third-order valence-electron chi connectivity index (χ3n) is 2.95. The summed E-state index contributed by atoms with van der Waals surface area (Å²) >= 11 is 0. The number of benzene rings is 1. The minimum atomic E-state index is -4.92. The smallest absolute Gasteiger partial charge is 0.284 e. The van der Waals surface area contributed by atoms with E-state index >= 15 is 0 Å². The van der Waals surface area contributed by atoms with Crippen LogP contribution in [0.2, 0.25) is 0 Å². The van der Waals surface area contributed by atoms with Crippen molar-refractivity contribution < 1.29 is 18.0 Å². The van der Waals surface area contributed by atoms with Gasteiger partial charge in [0.2, 0.25) is 0 Å². The number of rotatable bonds is 2. The molecule has 1 aromatic heterocycles. The van der Waals surface area contributed by atoms with Crippen molar-refractivity contribution in [3.8, 4) is 11.3 Å². The molecule has 2 aromatic rings. The topological polar surface area (TPSA) is 34.9 Å². The Morgan fingerprint density at radius 3 is 2.14 bits per heavy atom. The van der Waals surface area contributed by atoms with E-state index in [2.05, 4.69) is 5.10 Å². The van der Waals surface area contributed by atoms with Crippen LogP contribution in [0.5, 0.6) is 0 Å². The van der Waals surface area contributed by atoms with Crippen LogP contribution >= 0.6 is 0 Å². The predicted octanol–water partition coefficient (Wildman–Crippen LogP) is 4.05. The van der Waals surface area contributed by atoms with Gasteiger partial charge in [0, 0.05) is 11.8 Å². The van der Waals surface area contributed by atoms with E-state index in [-0.39, 0.29) is 5.69 Å². The van der Waals surface area contributed by atoms with E-state index in [4.69, 9.17) is 0 Å². The maximum Gasteiger partial charge on any atom is 0.455 e. The van der Waals surface area contributed by atoms with Gasteiger partial charge in [0.25, 0.3) is 5.78 Å². The first-order chi connectivity index (χ1) is 9.60. The molecule has 0 saturated carbocycles. The van der Waals surface area contributed by atoms with Gasteiger partial charge in [-0.2, -0.15) is 18.3 Å². The second-order valence-corrected chi connectivity index (χ2v) is 5.70. The van der Waals surface area contributed by atoms with Crippen molar-refractivity contribution in [3.05, 3.63) is 42.1 Å². The monoisotopic (exact) mass is 296 g/mol. The van der Waals surface area contributed by atoms with Crippen LogP contribution in [0, 0.1) is 0 Å². The molecule has 0 unspecified atom stereocenters. The van der Waals surface area contributed by atoms with Gasteiger partial charge in [0.05, 0.1) is 11.1 Å². The Balaban J connectivity index is 2.63. The first-order valence-electron chi connectivity index (χ1n) is 6.38. The zero-order chi connectivity index (χ0) is 15.8.